The van der Waals surface area contributed by atoms with Crippen molar-refractivity contribution >= 4 is 34.9 Å². The van der Waals surface area contributed by atoms with Crippen LogP contribution < -0.4 is 21.6 Å². The molecule has 0 radical (unpaired) electrons. The molecule has 0 atom stereocenters. The third kappa shape index (κ3) is 7.75. The number of hydrogen-bond donors (Lipinski definition) is 4. The van der Waals surface area contributed by atoms with E-state index in [1.165, 1.54) is 37.5 Å². The van der Waals surface area contributed by atoms with Gasteiger partial charge in [0.2, 0.25) is 0 Å². The zero-order valence-electron chi connectivity index (χ0n) is 19.2. The number of likely N-dealkylation sites (tertiary alicyclic amines) is 1. The van der Waals surface area contributed by atoms with Crippen molar-refractivity contribution in [3.63, 3.8) is 0 Å². The number of hydrogen-bond acceptors (Lipinski definition) is 6. The van der Waals surface area contributed by atoms with Gasteiger partial charge in [0.05, 0.1) is 5.56 Å². The summed E-state index contributed by atoms with van der Waals surface area (Å²) in [6.07, 6.45) is 4.79. The van der Waals surface area contributed by atoms with E-state index in [9.17, 15) is 14.0 Å². The molecule has 2 aromatic carbocycles. The van der Waals surface area contributed by atoms with Gasteiger partial charge in [-0.25, -0.2) is 4.39 Å². The minimum atomic E-state index is -0.602. The van der Waals surface area contributed by atoms with Gasteiger partial charge < -0.3 is 15.1 Å². The fourth-order valence-electron chi connectivity index (χ4n) is 3.66. The predicted octanol–water partition coefficient (Wildman–Crippen LogP) is 3.30. The van der Waals surface area contributed by atoms with Crippen LogP contribution in [0.4, 0.5) is 10.1 Å². The molecular formula is C24H30FN5O3S. The first-order chi connectivity index (χ1) is 16.4. The summed E-state index contributed by atoms with van der Waals surface area (Å²) in [6.45, 7) is 5.72. The Balaban J connectivity index is 1.38. The second-order valence-electron chi connectivity index (χ2n) is 8.08. The number of anilines is 1. The van der Waals surface area contributed by atoms with Gasteiger partial charge in [-0.2, -0.15) is 5.48 Å². The van der Waals surface area contributed by atoms with E-state index in [2.05, 4.69) is 26.5 Å². The van der Waals surface area contributed by atoms with Crippen LogP contribution in [0.5, 0.6) is 0 Å². The minimum absolute atomic E-state index is 0.00295. The Morgan fingerprint density at radius 2 is 1.82 bits per heavy atom. The lowest BCUT2D eigenvalue weighted by molar-refractivity contribution is 0.0931. The number of nitrogens with one attached hydrogen (secondary N) is 4. The highest BCUT2D eigenvalue weighted by Gasteiger charge is 2.14. The van der Waals surface area contributed by atoms with E-state index in [1.54, 1.807) is 31.2 Å². The second kappa shape index (κ2) is 13.0. The molecular weight excluding hydrogens is 457 g/mol. The number of nitrogens with zero attached hydrogens (tertiary/aromatic N) is 1. The van der Waals surface area contributed by atoms with E-state index in [0.29, 0.717) is 23.4 Å². The largest absolute Gasteiger partial charge is 0.377 e. The van der Waals surface area contributed by atoms with Gasteiger partial charge in [-0.1, -0.05) is 18.6 Å². The molecule has 0 bridgehead atoms. The van der Waals surface area contributed by atoms with E-state index >= 15 is 0 Å². The Labute approximate surface area is 204 Å². The van der Waals surface area contributed by atoms with Gasteiger partial charge in [-0.3, -0.25) is 20.4 Å². The van der Waals surface area contributed by atoms with Crippen LogP contribution in [0.1, 0.15) is 52.0 Å². The fraction of sp³-hybridized carbons (Fsp3) is 0.375. The van der Waals surface area contributed by atoms with E-state index in [0.717, 1.165) is 26.1 Å². The summed E-state index contributed by atoms with van der Waals surface area (Å²) in [4.78, 5) is 32.4. The SMILES string of the molecule is Cc1cc(C(=O)NNC(=S)ONCCCN2CCCCC2)ccc1NC(=O)c1ccccc1F. The van der Waals surface area contributed by atoms with E-state index in [1.807, 2.05) is 0 Å². The van der Waals surface area contributed by atoms with Crippen LogP contribution >= 0.6 is 12.2 Å². The molecule has 1 fully saturated rings. The molecule has 1 aliphatic heterocycles. The number of aryl methyl sites for hydroxylation is 1. The van der Waals surface area contributed by atoms with E-state index in [4.69, 9.17) is 17.1 Å². The smallest absolute Gasteiger partial charge is 0.296 e. The average Bonchev–Trinajstić information content (AvgIpc) is 2.84. The zero-order valence-corrected chi connectivity index (χ0v) is 20.0. The number of piperidine rings is 1. The molecule has 0 saturated carbocycles. The molecule has 2 aromatic rings. The Morgan fingerprint density at radius 1 is 1.06 bits per heavy atom. The van der Waals surface area contributed by atoms with Gasteiger partial charge in [0.1, 0.15) is 5.82 Å². The summed E-state index contributed by atoms with van der Waals surface area (Å²) in [5.74, 6) is -1.59. The highest BCUT2D eigenvalue weighted by Crippen LogP contribution is 2.18. The molecule has 8 nitrogen and oxygen atoms in total. The summed E-state index contributed by atoms with van der Waals surface area (Å²) in [5, 5.41) is 2.66. The van der Waals surface area contributed by atoms with Crippen molar-refractivity contribution in [3.8, 4) is 0 Å². The number of carbonyl (C=O) groups is 2. The van der Waals surface area contributed by atoms with Crippen LogP contribution in [-0.2, 0) is 4.84 Å². The maximum Gasteiger partial charge on any atom is 0.296 e. The Morgan fingerprint density at radius 3 is 2.56 bits per heavy atom. The third-order valence-electron chi connectivity index (χ3n) is 5.50. The highest BCUT2D eigenvalue weighted by molar-refractivity contribution is 7.80. The topological polar surface area (TPSA) is 94.7 Å². The molecule has 4 N–H and O–H groups in total. The van der Waals surface area contributed by atoms with Crippen LogP contribution in [0, 0.1) is 12.7 Å². The molecule has 2 amide bonds. The van der Waals surface area contributed by atoms with Crippen molar-refractivity contribution in [3.05, 3.63) is 65.0 Å². The first-order valence-electron chi connectivity index (χ1n) is 11.3. The van der Waals surface area contributed by atoms with Crippen LogP contribution in [-0.4, -0.2) is 48.1 Å². The first kappa shape index (κ1) is 25.5. The lowest BCUT2D eigenvalue weighted by atomic mass is 10.1. The maximum absolute atomic E-state index is 13.8. The van der Waals surface area contributed by atoms with Gasteiger partial charge >= 0.3 is 0 Å². The molecule has 1 aliphatic rings. The van der Waals surface area contributed by atoms with Gasteiger partial charge in [0, 0.05) is 17.8 Å². The minimum Gasteiger partial charge on any atom is -0.377 e. The molecule has 0 aromatic heterocycles. The van der Waals surface area contributed by atoms with E-state index in [-0.39, 0.29) is 10.7 Å². The van der Waals surface area contributed by atoms with Crippen molar-refractivity contribution in [1.82, 2.24) is 21.2 Å². The van der Waals surface area contributed by atoms with Crippen LogP contribution in [0.2, 0.25) is 0 Å². The van der Waals surface area contributed by atoms with Crippen molar-refractivity contribution in [1.29, 1.82) is 0 Å². The van der Waals surface area contributed by atoms with Crippen LogP contribution in [0.3, 0.4) is 0 Å². The highest BCUT2D eigenvalue weighted by atomic mass is 32.1. The Hall–Kier alpha value is -3.08. The number of hydroxylamine groups is 1. The van der Waals surface area contributed by atoms with Crippen LogP contribution in [0.15, 0.2) is 42.5 Å². The van der Waals surface area contributed by atoms with Crippen molar-refractivity contribution in [2.45, 2.75) is 32.6 Å². The quantitative estimate of drug-likeness (QED) is 0.258. The van der Waals surface area contributed by atoms with Crippen molar-refractivity contribution < 1.29 is 18.8 Å². The molecule has 1 saturated heterocycles. The molecule has 10 heteroatoms. The van der Waals surface area contributed by atoms with E-state index < -0.39 is 17.6 Å². The summed E-state index contributed by atoms with van der Waals surface area (Å²) in [7, 11) is 0. The maximum atomic E-state index is 13.8. The molecule has 182 valence electrons. The Bertz CT molecular complexity index is 1010. The first-order valence-corrected chi connectivity index (χ1v) is 11.7. The summed E-state index contributed by atoms with van der Waals surface area (Å²) < 4.78 is 13.8. The normalized spacial score (nSPS) is 13.7. The fourth-order valence-corrected chi connectivity index (χ4v) is 3.77. The van der Waals surface area contributed by atoms with Crippen molar-refractivity contribution in [2.75, 3.05) is 31.5 Å². The van der Waals surface area contributed by atoms with Gasteiger partial charge in [-0.05, 0) is 93.9 Å². The zero-order chi connectivity index (χ0) is 24.3. The number of carbonyl (C=O) groups excluding carboxylic acids is 2. The molecule has 0 unspecified atom stereocenters. The number of thiocarbonyl (C=S) groups is 1. The summed E-state index contributed by atoms with van der Waals surface area (Å²) >= 11 is 5.05. The Kier molecular flexibility index (Phi) is 9.75. The number of benzene rings is 2. The van der Waals surface area contributed by atoms with Gasteiger partial charge in [0.25, 0.3) is 17.0 Å². The lowest BCUT2D eigenvalue weighted by Crippen LogP contribution is -2.43. The molecule has 0 spiro atoms. The number of rotatable bonds is 8. The second-order valence-corrected chi connectivity index (χ2v) is 8.45. The predicted molar refractivity (Wildman–Crippen MR) is 133 cm³/mol. The van der Waals surface area contributed by atoms with Crippen molar-refractivity contribution in [2.24, 2.45) is 0 Å². The monoisotopic (exact) mass is 487 g/mol. The summed E-state index contributed by atoms with van der Waals surface area (Å²) in [5.41, 5.74) is 9.23. The number of amides is 2. The molecule has 34 heavy (non-hydrogen) atoms. The molecule has 3 rings (SSSR count). The summed E-state index contributed by atoms with van der Waals surface area (Å²) in [6, 6.07) is 10.5. The van der Waals surface area contributed by atoms with Gasteiger partial charge in [0.15, 0.2) is 0 Å². The average molecular weight is 488 g/mol. The number of hydrazine groups is 1. The van der Waals surface area contributed by atoms with Gasteiger partial charge in [-0.15, -0.1) is 0 Å². The molecule has 1 heterocycles. The molecule has 0 aliphatic carbocycles. The number of halogens is 1. The third-order valence-corrected chi connectivity index (χ3v) is 5.69. The lowest BCUT2D eigenvalue weighted by Gasteiger charge is -2.26. The standard InChI is InChI=1S/C24H30FN5O3S/c1-17-16-18(10-11-21(17)27-23(32)19-8-3-4-9-20(19)25)22(31)28-29-24(34)33-26-12-7-15-30-13-5-2-6-14-30/h3-4,8-11,16,26H,2,5-7,12-15H2,1H3,(H,27,32)(H,28,31)(H,29,34). The van der Waals surface area contributed by atoms with Crippen LogP contribution in [0.25, 0.3) is 0 Å².